The van der Waals surface area contributed by atoms with Gasteiger partial charge in [-0.25, -0.2) is 10.5 Å². The largest absolute Gasteiger partial charge is 0.359 e. The second-order valence-corrected chi connectivity index (χ2v) is 7.34. The summed E-state index contributed by atoms with van der Waals surface area (Å²) in [6, 6.07) is 0. The third-order valence-corrected chi connectivity index (χ3v) is 6.16. The topological polar surface area (TPSA) is 78.7 Å². The van der Waals surface area contributed by atoms with Gasteiger partial charge in [0, 0.05) is 10.2 Å². The highest BCUT2D eigenvalue weighted by atomic mass is 79.9. The summed E-state index contributed by atoms with van der Waals surface area (Å²) in [5.41, 5.74) is 5.66. The van der Waals surface area contributed by atoms with Gasteiger partial charge < -0.3 is 5.32 Å². The molecule has 0 saturated carbocycles. The van der Waals surface area contributed by atoms with Crippen LogP contribution in [0.3, 0.4) is 0 Å². The van der Waals surface area contributed by atoms with E-state index >= 15 is 0 Å². The van der Waals surface area contributed by atoms with Crippen molar-refractivity contribution in [1.82, 2.24) is 14.9 Å². The third kappa shape index (κ3) is 3.75. The second-order valence-electron chi connectivity index (χ2n) is 5.75. The maximum Gasteiger partial charge on any atom is 0.262 e. The summed E-state index contributed by atoms with van der Waals surface area (Å²) in [4.78, 5) is 16.0. The normalized spacial score (nSPS) is 11.1. The molecular weight excluding hydrogens is 440 g/mol. The number of carbonyl (C=O) groups is 1. The number of nitrogens with one attached hydrogen (secondary N) is 2. The Kier molecular flexibility index (Phi) is 6.65. The van der Waals surface area contributed by atoms with Gasteiger partial charge in [-0.05, 0) is 64.1 Å². The van der Waals surface area contributed by atoms with Gasteiger partial charge in [-0.3, -0.25) is 14.4 Å². The minimum absolute atomic E-state index is 0.0298. The van der Waals surface area contributed by atoms with Gasteiger partial charge in [0.1, 0.15) is 5.82 Å². The fraction of sp³-hybridized carbons (Fsp3) is 0.500. The molecule has 0 aromatic carbocycles. The Morgan fingerprint density at radius 1 is 1.25 bits per heavy atom. The monoisotopic (exact) mass is 460 g/mol. The molecule has 8 heteroatoms. The van der Waals surface area contributed by atoms with Crippen LogP contribution in [0.4, 0.5) is 5.82 Å². The Labute approximate surface area is 158 Å². The summed E-state index contributed by atoms with van der Waals surface area (Å²) in [6.45, 7) is 6.21. The Hall–Kier alpha value is -1.12. The first-order valence-electron chi connectivity index (χ1n) is 7.94. The Bertz CT molecular complexity index is 759. The molecule has 24 heavy (non-hydrogen) atoms. The van der Waals surface area contributed by atoms with E-state index in [-0.39, 0.29) is 6.54 Å². The highest BCUT2D eigenvalue weighted by molar-refractivity contribution is 9.11. The number of amides is 1. The molecule has 2 rings (SSSR count). The number of hydrogen-bond donors (Lipinski definition) is 3. The second kappa shape index (κ2) is 8.31. The maximum absolute atomic E-state index is 11.3. The Balaban J connectivity index is 2.54. The molecule has 1 amide bonds. The number of aromatic nitrogens is 2. The fourth-order valence-electron chi connectivity index (χ4n) is 2.71. The van der Waals surface area contributed by atoms with Crippen LogP contribution < -0.4 is 10.8 Å². The molecule has 0 atom stereocenters. The molecule has 3 N–H and O–H groups in total. The quantitative estimate of drug-likeness (QED) is 0.329. The van der Waals surface area contributed by atoms with Gasteiger partial charge in [-0.15, -0.1) is 0 Å². The van der Waals surface area contributed by atoms with Crippen LogP contribution in [0.15, 0.2) is 8.95 Å². The van der Waals surface area contributed by atoms with Gasteiger partial charge in [0.25, 0.3) is 5.91 Å². The summed E-state index contributed by atoms with van der Waals surface area (Å²) < 4.78 is 4.09. The molecule has 0 radical (unpaired) electrons. The maximum atomic E-state index is 11.3. The molecule has 2 aromatic rings. The van der Waals surface area contributed by atoms with Crippen LogP contribution in [-0.2, 0) is 11.2 Å². The zero-order valence-corrected chi connectivity index (χ0v) is 17.2. The molecule has 6 nitrogen and oxygen atoms in total. The van der Waals surface area contributed by atoms with Crippen LogP contribution in [0.5, 0.6) is 0 Å². The number of halogens is 2. The Morgan fingerprint density at radius 2 is 1.96 bits per heavy atom. The van der Waals surface area contributed by atoms with Crippen molar-refractivity contribution in [2.75, 3.05) is 11.9 Å². The molecule has 0 aliphatic carbocycles. The number of imidazole rings is 1. The van der Waals surface area contributed by atoms with Crippen LogP contribution in [0.1, 0.15) is 43.1 Å². The summed E-state index contributed by atoms with van der Waals surface area (Å²) in [5.74, 6) is 0.177. The Morgan fingerprint density at radius 3 is 2.58 bits per heavy atom. The molecule has 0 unspecified atom stereocenters. The number of rotatable bonds is 7. The van der Waals surface area contributed by atoms with Crippen LogP contribution in [0, 0.1) is 13.8 Å². The predicted octanol–water partition coefficient (Wildman–Crippen LogP) is 4.13. The van der Waals surface area contributed by atoms with E-state index < -0.39 is 5.91 Å². The zero-order valence-electron chi connectivity index (χ0n) is 14.0. The molecule has 132 valence electrons. The number of aryl methyl sites for hydroxylation is 2. The molecule has 0 bridgehead atoms. The van der Waals surface area contributed by atoms with Crippen LogP contribution in [-0.4, -0.2) is 27.0 Å². The molecule has 2 aromatic heterocycles. The first-order chi connectivity index (χ1) is 11.4. The first-order valence-corrected chi connectivity index (χ1v) is 9.53. The van der Waals surface area contributed by atoms with E-state index in [1.165, 1.54) is 0 Å². The van der Waals surface area contributed by atoms with Gasteiger partial charge in [-0.1, -0.05) is 19.8 Å². The molecular formula is C16H22Br2N4O2. The lowest BCUT2D eigenvalue weighted by Gasteiger charge is -2.12. The lowest BCUT2D eigenvalue weighted by Crippen LogP contribution is -2.27. The van der Waals surface area contributed by atoms with Crippen LogP contribution in [0.25, 0.3) is 5.65 Å². The number of pyridine rings is 1. The molecule has 2 heterocycles. The van der Waals surface area contributed by atoms with E-state index in [2.05, 4.69) is 53.5 Å². The van der Waals surface area contributed by atoms with Crippen molar-refractivity contribution in [3.05, 3.63) is 25.9 Å². The minimum atomic E-state index is -0.500. The number of carbonyl (C=O) groups excluding carboxylic acids is 1. The number of nitrogens with zero attached hydrogens (tertiary/aromatic N) is 2. The van der Waals surface area contributed by atoms with Crippen molar-refractivity contribution >= 4 is 49.2 Å². The van der Waals surface area contributed by atoms with E-state index in [0.29, 0.717) is 5.82 Å². The van der Waals surface area contributed by atoms with Crippen molar-refractivity contribution in [1.29, 1.82) is 0 Å². The number of unbranched alkanes of at least 4 members (excludes halogenated alkanes) is 2. The molecule has 0 aliphatic heterocycles. The van der Waals surface area contributed by atoms with E-state index in [9.17, 15) is 4.79 Å². The summed E-state index contributed by atoms with van der Waals surface area (Å²) in [7, 11) is 0. The molecule has 0 spiro atoms. The zero-order chi connectivity index (χ0) is 17.9. The highest BCUT2D eigenvalue weighted by Crippen LogP contribution is 2.34. The number of hydrogen-bond acceptors (Lipinski definition) is 4. The minimum Gasteiger partial charge on any atom is -0.359 e. The standard InChI is InChI=1S/C16H22Br2N4O2/c1-4-5-6-7-11-15(19-8-12(23)21-24)20-16-14(18)9(2)13(17)10(3)22(11)16/h19,24H,4-8H2,1-3H3,(H,21,23). The molecule has 0 saturated heterocycles. The average molecular weight is 462 g/mol. The SMILES string of the molecule is CCCCCc1c(NCC(=O)NO)nc2c(Br)c(C)c(Br)c(C)n12. The van der Waals surface area contributed by atoms with Crippen molar-refractivity contribution in [3.63, 3.8) is 0 Å². The highest BCUT2D eigenvalue weighted by Gasteiger charge is 2.20. The smallest absolute Gasteiger partial charge is 0.262 e. The number of hydroxylamine groups is 1. The molecule has 0 aliphatic rings. The van der Waals surface area contributed by atoms with Crippen molar-refractivity contribution in [3.8, 4) is 0 Å². The number of anilines is 1. The van der Waals surface area contributed by atoms with E-state index in [1.807, 2.05) is 13.8 Å². The van der Waals surface area contributed by atoms with E-state index in [0.717, 1.165) is 57.2 Å². The van der Waals surface area contributed by atoms with Gasteiger partial charge in [-0.2, -0.15) is 0 Å². The summed E-state index contributed by atoms with van der Waals surface area (Å²) in [6.07, 6.45) is 4.18. The van der Waals surface area contributed by atoms with Gasteiger partial charge in [0.2, 0.25) is 0 Å². The lowest BCUT2D eigenvalue weighted by atomic mass is 10.1. The molecule has 0 fully saturated rings. The van der Waals surface area contributed by atoms with Crippen LogP contribution >= 0.6 is 31.9 Å². The summed E-state index contributed by atoms with van der Waals surface area (Å²) in [5, 5.41) is 11.7. The third-order valence-electron chi connectivity index (χ3n) is 4.04. The van der Waals surface area contributed by atoms with Gasteiger partial charge in [0.05, 0.1) is 16.7 Å². The number of fused-ring (bicyclic) bond motifs is 1. The first kappa shape index (κ1) is 19.2. The summed E-state index contributed by atoms with van der Waals surface area (Å²) >= 11 is 7.28. The average Bonchev–Trinajstić information content (AvgIpc) is 2.95. The van der Waals surface area contributed by atoms with E-state index in [4.69, 9.17) is 5.21 Å². The fourth-order valence-corrected chi connectivity index (χ4v) is 3.82. The van der Waals surface area contributed by atoms with Gasteiger partial charge >= 0.3 is 0 Å². The van der Waals surface area contributed by atoms with Crippen LogP contribution in [0.2, 0.25) is 0 Å². The van der Waals surface area contributed by atoms with Gasteiger partial charge in [0.15, 0.2) is 5.65 Å². The predicted molar refractivity (Wildman–Crippen MR) is 102 cm³/mol. The lowest BCUT2D eigenvalue weighted by molar-refractivity contribution is -0.127. The van der Waals surface area contributed by atoms with Crippen molar-refractivity contribution in [2.45, 2.75) is 46.5 Å². The van der Waals surface area contributed by atoms with Crippen molar-refractivity contribution < 1.29 is 10.0 Å². The van der Waals surface area contributed by atoms with E-state index in [1.54, 1.807) is 5.48 Å². The van der Waals surface area contributed by atoms with Crippen molar-refractivity contribution in [2.24, 2.45) is 0 Å².